The minimum atomic E-state index is -0.610. The van der Waals surface area contributed by atoms with Crippen LogP contribution in [0.4, 0.5) is 11.5 Å². The number of amides is 2. The van der Waals surface area contributed by atoms with Gasteiger partial charge in [-0.2, -0.15) is 0 Å². The molecule has 200 valence electrons. The van der Waals surface area contributed by atoms with Gasteiger partial charge in [0.15, 0.2) is 0 Å². The summed E-state index contributed by atoms with van der Waals surface area (Å²) >= 11 is 0. The van der Waals surface area contributed by atoms with Gasteiger partial charge >= 0.3 is 0 Å². The number of anilines is 2. The lowest BCUT2D eigenvalue weighted by Crippen LogP contribution is -2.31. The molecule has 0 fully saturated rings. The summed E-state index contributed by atoms with van der Waals surface area (Å²) in [5.41, 5.74) is 1.63. The molecule has 39 heavy (non-hydrogen) atoms. The molecule has 3 N–H and O–H groups in total. The van der Waals surface area contributed by atoms with Crippen LogP contribution in [0.3, 0.4) is 0 Å². The van der Waals surface area contributed by atoms with Crippen molar-refractivity contribution >= 4 is 34.2 Å². The average molecular weight is 528 g/mol. The topological polar surface area (TPSA) is 124 Å². The fraction of sp³-hybridized carbons (Fsp3) is 0.172. The summed E-state index contributed by atoms with van der Waals surface area (Å²) in [4.78, 5) is 34.9. The van der Waals surface area contributed by atoms with Crippen LogP contribution in [0.5, 0.6) is 17.2 Å². The molecule has 0 saturated heterocycles. The van der Waals surface area contributed by atoms with Gasteiger partial charge in [0.05, 0.1) is 25.4 Å². The lowest BCUT2D eigenvalue weighted by molar-refractivity contribution is -0.118. The van der Waals surface area contributed by atoms with E-state index in [0.29, 0.717) is 41.8 Å². The molecule has 10 heteroatoms. The first kappa shape index (κ1) is 27.1. The molecule has 0 atom stereocenters. The molecule has 2 amide bonds. The lowest BCUT2D eigenvalue weighted by atomic mass is 10.1. The molecule has 0 spiro atoms. The van der Waals surface area contributed by atoms with Crippen LogP contribution in [0.25, 0.3) is 10.9 Å². The Morgan fingerprint density at radius 3 is 2.36 bits per heavy atom. The predicted octanol–water partition coefficient (Wildman–Crippen LogP) is 4.52. The van der Waals surface area contributed by atoms with E-state index in [9.17, 15) is 9.59 Å². The lowest BCUT2D eigenvalue weighted by Gasteiger charge is -2.14. The molecule has 4 rings (SSSR count). The van der Waals surface area contributed by atoms with Crippen LogP contribution < -0.4 is 25.4 Å². The fourth-order valence-corrected chi connectivity index (χ4v) is 3.73. The second kappa shape index (κ2) is 13.0. The van der Waals surface area contributed by atoms with Crippen LogP contribution in [0, 0.1) is 0 Å². The van der Waals surface area contributed by atoms with Crippen LogP contribution in [-0.2, 0) is 14.3 Å². The summed E-state index contributed by atoms with van der Waals surface area (Å²) in [6.07, 6.45) is 3.14. The Kier molecular flexibility index (Phi) is 9.04. The van der Waals surface area contributed by atoms with E-state index in [-0.39, 0.29) is 11.4 Å². The number of hydrogen-bond donors (Lipinski definition) is 3. The standard InChI is InChI=1S/C29H29N5O5/c1-19(30-15-16-37-2)27(28(35)33-20-7-5-4-6-8-20)29(36)34-26-12-10-22(18-32-26)39-25-13-14-31-24-17-21(38-3)9-11-23(24)25/h4-14,17-18,30H,15-16H2,1-3H3,(H,33,35)(H,32,34,36)/b27-19+. The van der Waals surface area contributed by atoms with Crippen LogP contribution in [0.2, 0.25) is 0 Å². The first-order valence-electron chi connectivity index (χ1n) is 12.2. The highest BCUT2D eigenvalue weighted by Crippen LogP contribution is 2.30. The number of allylic oxidation sites excluding steroid dienone is 1. The summed E-state index contributed by atoms with van der Waals surface area (Å²) < 4.78 is 16.3. The minimum Gasteiger partial charge on any atom is -0.497 e. The Bertz CT molecular complexity index is 1470. The number of benzene rings is 2. The summed E-state index contributed by atoms with van der Waals surface area (Å²) in [6, 6.07) is 19.5. The van der Waals surface area contributed by atoms with Gasteiger partial charge in [0.2, 0.25) is 0 Å². The number of pyridine rings is 2. The smallest absolute Gasteiger partial charge is 0.264 e. The maximum absolute atomic E-state index is 13.2. The molecule has 0 aliphatic rings. The Morgan fingerprint density at radius 1 is 0.872 bits per heavy atom. The van der Waals surface area contributed by atoms with Gasteiger partial charge in [-0.15, -0.1) is 0 Å². The molecule has 0 radical (unpaired) electrons. The van der Waals surface area contributed by atoms with Crippen molar-refractivity contribution in [1.82, 2.24) is 15.3 Å². The van der Waals surface area contributed by atoms with Crippen LogP contribution in [0.15, 0.2) is 90.4 Å². The molecular formula is C29H29N5O5. The van der Waals surface area contributed by atoms with E-state index in [1.165, 1.54) is 6.20 Å². The van der Waals surface area contributed by atoms with E-state index >= 15 is 0 Å². The van der Waals surface area contributed by atoms with E-state index in [1.54, 1.807) is 69.8 Å². The Balaban J connectivity index is 1.49. The fourth-order valence-electron chi connectivity index (χ4n) is 3.73. The van der Waals surface area contributed by atoms with E-state index in [2.05, 4.69) is 25.9 Å². The monoisotopic (exact) mass is 527 g/mol. The number of nitrogens with one attached hydrogen (secondary N) is 3. The normalized spacial score (nSPS) is 11.4. The highest BCUT2D eigenvalue weighted by Gasteiger charge is 2.22. The zero-order valence-electron chi connectivity index (χ0n) is 21.9. The van der Waals surface area contributed by atoms with Crippen molar-refractivity contribution in [2.24, 2.45) is 0 Å². The number of aromatic nitrogens is 2. The second-order valence-corrected chi connectivity index (χ2v) is 8.37. The number of ether oxygens (including phenoxy) is 3. The number of methoxy groups -OCH3 is 2. The molecule has 2 aromatic carbocycles. The van der Waals surface area contributed by atoms with Crippen molar-refractivity contribution in [1.29, 1.82) is 0 Å². The molecule has 0 unspecified atom stereocenters. The Hall–Kier alpha value is -4.96. The van der Waals surface area contributed by atoms with Crippen molar-refractivity contribution < 1.29 is 23.8 Å². The van der Waals surface area contributed by atoms with Crippen LogP contribution >= 0.6 is 0 Å². The maximum atomic E-state index is 13.2. The number of carbonyl (C=O) groups excluding carboxylic acids is 2. The number of nitrogens with zero attached hydrogens (tertiary/aromatic N) is 2. The van der Waals surface area contributed by atoms with Gasteiger partial charge in [-0.05, 0) is 49.4 Å². The highest BCUT2D eigenvalue weighted by atomic mass is 16.5. The molecule has 2 heterocycles. The zero-order chi connectivity index (χ0) is 27.6. The molecule has 2 aromatic heterocycles. The predicted molar refractivity (Wildman–Crippen MR) is 149 cm³/mol. The van der Waals surface area contributed by atoms with Gasteiger partial charge in [-0.3, -0.25) is 14.6 Å². The molecule has 0 saturated carbocycles. The van der Waals surface area contributed by atoms with Crippen LogP contribution in [-0.4, -0.2) is 49.2 Å². The molecule has 10 nitrogen and oxygen atoms in total. The number of carbonyl (C=O) groups is 2. The Morgan fingerprint density at radius 2 is 1.64 bits per heavy atom. The molecule has 4 aromatic rings. The van der Waals surface area contributed by atoms with E-state index in [4.69, 9.17) is 14.2 Å². The first-order valence-corrected chi connectivity index (χ1v) is 12.2. The summed E-state index contributed by atoms with van der Waals surface area (Å²) in [7, 11) is 3.17. The number of para-hydroxylation sites is 1. The summed E-state index contributed by atoms with van der Waals surface area (Å²) in [5, 5.41) is 9.32. The number of rotatable bonds is 11. The van der Waals surface area contributed by atoms with Gasteiger partial charge in [0.25, 0.3) is 11.8 Å². The molecular weight excluding hydrogens is 498 g/mol. The maximum Gasteiger partial charge on any atom is 0.264 e. The van der Waals surface area contributed by atoms with E-state index < -0.39 is 11.8 Å². The van der Waals surface area contributed by atoms with Crippen molar-refractivity contribution in [3.05, 3.63) is 90.4 Å². The molecule has 0 aliphatic carbocycles. The highest BCUT2D eigenvalue weighted by molar-refractivity contribution is 6.26. The molecule has 0 bridgehead atoms. The van der Waals surface area contributed by atoms with E-state index in [0.717, 1.165) is 10.9 Å². The largest absolute Gasteiger partial charge is 0.497 e. The van der Waals surface area contributed by atoms with Gasteiger partial charge in [0.1, 0.15) is 28.6 Å². The second-order valence-electron chi connectivity index (χ2n) is 8.37. The third-order valence-corrected chi connectivity index (χ3v) is 5.67. The van der Waals surface area contributed by atoms with Gasteiger partial charge in [0, 0.05) is 42.7 Å². The van der Waals surface area contributed by atoms with Gasteiger partial charge in [-0.25, -0.2) is 4.98 Å². The number of fused-ring (bicyclic) bond motifs is 1. The third kappa shape index (κ3) is 7.08. The zero-order valence-corrected chi connectivity index (χ0v) is 21.9. The third-order valence-electron chi connectivity index (χ3n) is 5.67. The van der Waals surface area contributed by atoms with Gasteiger partial charge < -0.3 is 30.2 Å². The van der Waals surface area contributed by atoms with Crippen molar-refractivity contribution in [3.8, 4) is 17.2 Å². The summed E-state index contributed by atoms with van der Waals surface area (Å²) in [6.45, 7) is 2.50. The van der Waals surface area contributed by atoms with Crippen molar-refractivity contribution in [3.63, 3.8) is 0 Å². The van der Waals surface area contributed by atoms with Gasteiger partial charge in [-0.1, -0.05) is 18.2 Å². The minimum absolute atomic E-state index is 0.0734. The molecule has 0 aliphatic heterocycles. The SMILES string of the molecule is COCCN/C(C)=C(\C(=O)Nc1ccccc1)C(=O)Nc1ccc(Oc2ccnc3cc(OC)ccc23)cn1. The average Bonchev–Trinajstić information content (AvgIpc) is 2.94. The Labute approximate surface area is 226 Å². The van der Waals surface area contributed by atoms with Crippen LogP contribution in [0.1, 0.15) is 6.92 Å². The van der Waals surface area contributed by atoms with Crippen molar-refractivity contribution in [2.45, 2.75) is 6.92 Å². The number of hydrogen-bond acceptors (Lipinski definition) is 8. The quantitative estimate of drug-likeness (QED) is 0.113. The summed E-state index contributed by atoms with van der Waals surface area (Å²) in [5.74, 6) is 0.853. The first-order chi connectivity index (χ1) is 19.0. The van der Waals surface area contributed by atoms with Crippen molar-refractivity contribution in [2.75, 3.05) is 38.0 Å². The van der Waals surface area contributed by atoms with E-state index in [1.807, 2.05) is 24.3 Å².